The van der Waals surface area contributed by atoms with Crippen LogP contribution < -0.4 is 18.9 Å². The first-order valence-electron chi connectivity index (χ1n) is 5.16. The zero-order valence-corrected chi connectivity index (χ0v) is 10.6. The molecule has 1 heterocycles. The Labute approximate surface area is 108 Å². The molecule has 0 saturated heterocycles. The standard InChI is InChI=1S/C12H13N.ClHO4/c1-11-7-9-13(10-8-11)12-5-3-2-4-6-12;2-1(3,4)5/h2-9H,10H2,1H3;(H,2,3,4,5). The van der Waals surface area contributed by atoms with Gasteiger partial charge in [-0.15, -0.1) is 0 Å². The maximum atomic E-state index is 8.60. The van der Waals surface area contributed by atoms with E-state index in [9.17, 15) is 0 Å². The summed E-state index contributed by atoms with van der Waals surface area (Å²) in [5.74, 6) is 0. The fraction of sp³-hybridized carbons (Fsp3) is 0.167. The first kappa shape index (κ1) is 14.7. The SMILES string of the molecule is CC1=CCN(c2ccccc2)C=C1.[O-][Cl+3]([O-])([O-])O. The summed E-state index contributed by atoms with van der Waals surface area (Å²) in [5, 5.41) is 0. The number of halogens is 1. The van der Waals surface area contributed by atoms with Crippen molar-refractivity contribution in [3.63, 3.8) is 0 Å². The zero-order chi connectivity index (χ0) is 13.6. The van der Waals surface area contributed by atoms with Crippen molar-refractivity contribution in [3.8, 4) is 0 Å². The molecule has 1 N–H and O–H groups in total. The minimum Gasteiger partial charge on any atom is -0.344 e. The molecule has 0 radical (unpaired) electrons. The van der Waals surface area contributed by atoms with Crippen LogP contribution in [0.25, 0.3) is 0 Å². The average Bonchev–Trinajstić information content (AvgIpc) is 2.29. The molecular weight excluding hydrogens is 258 g/mol. The highest BCUT2D eigenvalue weighted by molar-refractivity contribution is 5.51. The molecule has 1 aliphatic heterocycles. The first-order chi connectivity index (χ1) is 8.36. The van der Waals surface area contributed by atoms with Crippen molar-refractivity contribution in [3.05, 3.63) is 54.3 Å². The third kappa shape index (κ3) is 6.39. The number of benzene rings is 1. The molecule has 0 fully saturated rings. The molecule has 0 atom stereocenters. The summed E-state index contributed by atoms with van der Waals surface area (Å²) in [7, 11) is -4.69. The van der Waals surface area contributed by atoms with Gasteiger partial charge in [-0.05, 0) is 25.1 Å². The Morgan fingerprint density at radius 2 is 1.72 bits per heavy atom. The van der Waals surface area contributed by atoms with E-state index in [1.807, 2.05) is 6.07 Å². The Hall–Kier alpha value is -1.37. The number of para-hydroxylation sites is 1. The van der Waals surface area contributed by atoms with Crippen LogP contribution in [0, 0.1) is 10.2 Å². The molecule has 0 aliphatic carbocycles. The summed E-state index contributed by atoms with van der Waals surface area (Å²) in [6.45, 7) is 3.10. The minimum atomic E-state index is -4.69. The molecule has 0 unspecified atom stereocenters. The van der Waals surface area contributed by atoms with Crippen LogP contribution >= 0.6 is 0 Å². The number of hydrogen-bond acceptors (Lipinski definition) is 5. The van der Waals surface area contributed by atoms with Crippen molar-refractivity contribution < 1.29 is 28.9 Å². The maximum absolute atomic E-state index is 8.60. The Morgan fingerprint density at radius 1 is 1.17 bits per heavy atom. The predicted molar refractivity (Wildman–Crippen MR) is 58.9 cm³/mol. The van der Waals surface area contributed by atoms with Gasteiger partial charge in [-0.3, -0.25) is 0 Å². The average molecular weight is 272 g/mol. The Balaban J connectivity index is 0.000000280. The molecule has 0 saturated carbocycles. The molecule has 0 bridgehead atoms. The van der Waals surface area contributed by atoms with E-state index in [0.29, 0.717) is 0 Å². The van der Waals surface area contributed by atoms with Crippen LogP contribution in [-0.4, -0.2) is 11.2 Å². The van der Waals surface area contributed by atoms with Gasteiger partial charge >= 0.3 is 0 Å². The summed E-state index contributed by atoms with van der Waals surface area (Å²) >= 11 is 0. The monoisotopic (exact) mass is 271 g/mol. The van der Waals surface area contributed by atoms with Crippen molar-refractivity contribution in [1.82, 2.24) is 0 Å². The van der Waals surface area contributed by atoms with E-state index in [1.165, 1.54) is 11.3 Å². The molecule has 6 heteroatoms. The maximum Gasteiger partial charge on any atom is 0.0777 e. The van der Waals surface area contributed by atoms with Crippen LogP contribution in [0.1, 0.15) is 6.92 Å². The van der Waals surface area contributed by atoms with E-state index in [-0.39, 0.29) is 0 Å². The fourth-order valence-corrected chi connectivity index (χ4v) is 1.39. The number of hydrogen-bond donors (Lipinski definition) is 1. The smallest absolute Gasteiger partial charge is 0.0777 e. The number of nitrogens with zero attached hydrogens (tertiary/aromatic N) is 1. The van der Waals surface area contributed by atoms with Crippen molar-refractivity contribution >= 4 is 5.69 Å². The normalized spacial score (nSPS) is 14.7. The van der Waals surface area contributed by atoms with E-state index in [1.54, 1.807) is 0 Å². The lowest BCUT2D eigenvalue weighted by atomic mass is 10.2. The minimum absolute atomic E-state index is 0.979. The van der Waals surface area contributed by atoms with E-state index in [2.05, 4.69) is 54.4 Å². The van der Waals surface area contributed by atoms with Gasteiger partial charge in [0.15, 0.2) is 0 Å². The summed E-state index contributed by atoms with van der Waals surface area (Å²) < 4.78 is 32.7. The van der Waals surface area contributed by atoms with Crippen LogP contribution in [0.3, 0.4) is 0 Å². The van der Waals surface area contributed by atoms with Gasteiger partial charge in [0.05, 0.1) is 14.9 Å². The van der Waals surface area contributed by atoms with E-state index in [0.717, 1.165) is 6.54 Å². The molecule has 1 aromatic carbocycles. The molecule has 18 heavy (non-hydrogen) atoms. The molecule has 98 valence electrons. The van der Waals surface area contributed by atoms with Crippen LogP contribution in [0.5, 0.6) is 0 Å². The Kier molecular flexibility index (Phi) is 5.33. The summed E-state index contributed by atoms with van der Waals surface area (Å²) in [5.41, 5.74) is 2.59. The number of anilines is 1. The van der Waals surface area contributed by atoms with E-state index >= 15 is 0 Å². The number of rotatable bonds is 1. The van der Waals surface area contributed by atoms with Gasteiger partial charge in [0.25, 0.3) is 0 Å². The Morgan fingerprint density at radius 3 is 2.17 bits per heavy atom. The topological polar surface area (TPSA) is 92.7 Å². The lowest BCUT2D eigenvalue weighted by molar-refractivity contribution is -1.92. The van der Waals surface area contributed by atoms with Gasteiger partial charge in [0.1, 0.15) is 0 Å². The van der Waals surface area contributed by atoms with Crippen molar-refractivity contribution in [2.24, 2.45) is 0 Å². The molecule has 2 rings (SSSR count). The van der Waals surface area contributed by atoms with Gasteiger partial charge in [-0.25, -0.2) is 0 Å². The van der Waals surface area contributed by atoms with Gasteiger partial charge < -0.3 is 4.90 Å². The van der Waals surface area contributed by atoms with Crippen LogP contribution in [0.4, 0.5) is 5.69 Å². The predicted octanol–water partition coefficient (Wildman–Crippen LogP) is -1.16. The molecular formula is C12H14ClNO4. The van der Waals surface area contributed by atoms with E-state index < -0.39 is 10.2 Å². The second kappa shape index (κ2) is 6.53. The van der Waals surface area contributed by atoms with Gasteiger partial charge in [-0.1, -0.05) is 29.8 Å². The van der Waals surface area contributed by atoms with Crippen molar-refractivity contribution in [2.75, 3.05) is 11.4 Å². The Bertz CT molecular complexity index is 419. The largest absolute Gasteiger partial charge is 0.344 e. The molecule has 1 aliphatic rings. The van der Waals surface area contributed by atoms with Crippen LogP contribution in [-0.2, 0) is 0 Å². The van der Waals surface area contributed by atoms with Crippen LogP contribution in [0.15, 0.2) is 54.3 Å². The molecule has 0 amide bonds. The highest BCUT2D eigenvalue weighted by Crippen LogP contribution is 2.16. The van der Waals surface area contributed by atoms with E-state index in [4.69, 9.17) is 18.6 Å². The molecule has 0 aromatic heterocycles. The summed E-state index contributed by atoms with van der Waals surface area (Å²) in [6.07, 6.45) is 6.49. The van der Waals surface area contributed by atoms with Gasteiger partial charge in [0.2, 0.25) is 0 Å². The van der Waals surface area contributed by atoms with Crippen molar-refractivity contribution in [2.45, 2.75) is 6.92 Å². The highest BCUT2D eigenvalue weighted by atomic mass is 35.7. The fourth-order valence-electron chi connectivity index (χ4n) is 1.39. The summed E-state index contributed by atoms with van der Waals surface area (Å²) in [6, 6.07) is 10.4. The first-order valence-corrected chi connectivity index (χ1v) is 6.42. The molecule has 0 spiro atoms. The van der Waals surface area contributed by atoms with Gasteiger partial charge in [-0.2, -0.15) is 14.0 Å². The second-order valence-electron chi connectivity index (χ2n) is 3.65. The third-order valence-electron chi connectivity index (χ3n) is 2.22. The zero-order valence-electron chi connectivity index (χ0n) is 9.82. The highest BCUT2D eigenvalue weighted by Gasteiger charge is 2.03. The second-order valence-corrected chi connectivity index (χ2v) is 4.44. The number of allylic oxidation sites excluding steroid dienone is 2. The lowest BCUT2D eigenvalue weighted by Crippen LogP contribution is -2.58. The summed E-state index contributed by atoms with van der Waals surface area (Å²) in [4.78, 5) is 2.23. The quantitative estimate of drug-likeness (QED) is 0.696. The molecule has 1 aromatic rings. The lowest BCUT2D eigenvalue weighted by Gasteiger charge is -2.21. The van der Waals surface area contributed by atoms with Gasteiger partial charge in [0, 0.05) is 18.4 Å². The van der Waals surface area contributed by atoms with Crippen molar-refractivity contribution in [1.29, 1.82) is 0 Å². The third-order valence-corrected chi connectivity index (χ3v) is 2.22. The molecule has 5 nitrogen and oxygen atoms in total. The van der Waals surface area contributed by atoms with Crippen LogP contribution in [0.2, 0.25) is 0 Å².